The van der Waals surface area contributed by atoms with Gasteiger partial charge in [-0.25, -0.2) is 4.39 Å². The summed E-state index contributed by atoms with van der Waals surface area (Å²) in [5, 5.41) is 15.6. The molecule has 1 atom stereocenters. The average Bonchev–Trinajstić information content (AvgIpc) is 3.66. The lowest BCUT2D eigenvalue weighted by Gasteiger charge is -2.39. The summed E-state index contributed by atoms with van der Waals surface area (Å²) in [7, 11) is 0. The molecule has 3 aromatic rings. The van der Waals surface area contributed by atoms with E-state index < -0.39 is 6.04 Å². The highest BCUT2D eigenvalue weighted by Gasteiger charge is 2.38. The van der Waals surface area contributed by atoms with E-state index in [2.05, 4.69) is 20.7 Å². The van der Waals surface area contributed by atoms with Gasteiger partial charge in [-0.1, -0.05) is 44.2 Å². The van der Waals surface area contributed by atoms with E-state index in [0.717, 1.165) is 63.5 Å². The number of amides is 2. The fraction of sp³-hybridized carbons (Fsp3) is 0.519. The summed E-state index contributed by atoms with van der Waals surface area (Å²) in [4.78, 5) is 30.6. The van der Waals surface area contributed by atoms with Gasteiger partial charge in [0.1, 0.15) is 24.2 Å². The number of nitrogens with zero attached hydrogens (tertiary/aromatic N) is 5. The fourth-order valence-corrected chi connectivity index (χ4v) is 5.52. The van der Waals surface area contributed by atoms with Gasteiger partial charge in [0.15, 0.2) is 5.76 Å². The van der Waals surface area contributed by atoms with Crippen LogP contribution in [-0.2, 0) is 16.1 Å². The predicted molar refractivity (Wildman–Crippen MR) is 134 cm³/mol. The molecule has 0 spiro atoms. The third-order valence-electron chi connectivity index (χ3n) is 7.36. The predicted octanol–water partition coefficient (Wildman–Crippen LogP) is 4.34. The Hall–Kier alpha value is -3.56. The van der Waals surface area contributed by atoms with Crippen LogP contribution < -0.4 is 5.32 Å². The summed E-state index contributed by atoms with van der Waals surface area (Å²) < 4.78 is 19.4. The van der Waals surface area contributed by atoms with Gasteiger partial charge in [0.25, 0.3) is 0 Å². The van der Waals surface area contributed by atoms with Crippen LogP contribution in [0.4, 0.5) is 4.39 Å². The lowest BCUT2D eigenvalue weighted by molar-refractivity contribution is -0.145. The van der Waals surface area contributed by atoms with Crippen molar-refractivity contribution in [2.24, 2.45) is 0 Å². The van der Waals surface area contributed by atoms with Crippen LogP contribution >= 0.6 is 0 Å². The van der Waals surface area contributed by atoms with Crippen molar-refractivity contribution in [1.29, 1.82) is 0 Å². The third kappa shape index (κ3) is 5.89. The monoisotopic (exact) mass is 508 g/mol. The maximum Gasteiger partial charge on any atom is 0.247 e. The van der Waals surface area contributed by atoms with Gasteiger partial charge < -0.3 is 14.6 Å². The first-order chi connectivity index (χ1) is 18.0. The van der Waals surface area contributed by atoms with Crippen LogP contribution in [0, 0.1) is 12.7 Å². The lowest BCUT2D eigenvalue weighted by atomic mass is 9.91. The number of carbonyl (C=O) groups is 2. The summed E-state index contributed by atoms with van der Waals surface area (Å²) in [6.45, 7) is 1.66. The van der Waals surface area contributed by atoms with Gasteiger partial charge >= 0.3 is 0 Å². The Morgan fingerprint density at radius 3 is 2.43 bits per heavy atom. The molecule has 2 saturated carbocycles. The second kappa shape index (κ2) is 11.2. The number of hydrogen-bond donors (Lipinski definition) is 1. The Labute approximate surface area is 215 Å². The van der Waals surface area contributed by atoms with Crippen LogP contribution in [0.25, 0.3) is 11.6 Å². The van der Waals surface area contributed by atoms with Crippen LogP contribution in [0.15, 0.2) is 40.8 Å². The Morgan fingerprint density at radius 2 is 1.76 bits per heavy atom. The number of tetrazole rings is 1. The molecule has 2 aliphatic rings. The maximum atomic E-state index is 13.9. The number of furan rings is 1. The highest BCUT2D eigenvalue weighted by molar-refractivity contribution is 5.89. The molecule has 5 rings (SSSR count). The number of nitrogens with one attached hydrogen (secondary N) is 1. The molecule has 196 valence electrons. The van der Waals surface area contributed by atoms with E-state index in [1.54, 1.807) is 23.1 Å². The molecule has 0 saturated heterocycles. The van der Waals surface area contributed by atoms with Gasteiger partial charge in [-0.2, -0.15) is 4.80 Å². The summed E-state index contributed by atoms with van der Waals surface area (Å²) in [6, 6.07) is 8.55. The number of aromatic nitrogens is 4. The number of hydrogen-bond acceptors (Lipinski definition) is 6. The molecule has 2 aromatic heterocycles. The summed E-state index contributed by atoms with van der Waals surface area (Å²) >= 11 is 0. The van der Waals surface area contributed by atoms with Gasteiger partial charge in [0, 0.05) is 12.1 Å². The number of benzene rings is 1. The molecular weight excluding hydrogens is 475 g/mol. The van der Waals surface area contributed by atoms with E-state index >= 15 is 0 Å². The molecule has 2 amide bonds. The highest BCUT2D eigenvalue weighted by Crippen LogP contribution is 2.32. The Bertz CT molecular complexity index is 1210. The zero-order chi connectivity index (χ0) is 25.8. The van der Waals surface area contributed by atoms with E-state index in [9.17, 15) is 14.0 Å². The minimum Gasteiger partial charge on any atom is -0.458 e. The Kier molecular flexibility index (Phi) is 7.62. The molecule has 2 heterocycles. The van der Waals surface area contributed by atoms with Gasteiger partial charge in [-0.15, -0.1) is 10.2 Å². The zero-order valence-corrected chi connectivity index (χ0v) is 21.1. The molecule has 1 N–H and O–H groups in total. The molecule has 0 radical (unpaired) electrons. The molecule has 37 heavy (non-hydrogen) atoms. The Morgan fingerprint density at radius 1 is 1.05 bits per heavy atom. The van der Waals surface area contributed by atoms with Crippen molar-refractivity contribution >= 4 is 11.8 Å². The van der Waals surface area contributed by atoms with Crippen molar-refractivity contribution in [3.8, 4) is 11.6 Å². The number of halogens is 1. The maximum absolute atomic E-state index is 13.9. The van der Waals surface area contributed by atoms with Crippen LogP contribution in [0.1, 0.15) is 75.2 Å². The van der Waals surface area contributed by atoms with Crippen molar-refractivity contribution in [3.63, 3.8) is 0 Å². The molecule has 10 heteroatoms. The van der Waals surface area contributed by atoms with Gasteiger partial charge in [0.05, 0.1) is 0 Å². The molecule has 9 nitrogen and oxygen atoms in total. The topological polar surface area (TPSA) is 106 Å². The van der Waals surface area contributed by atoms with Crippen LogP contribution in [0.5, 0.6) is 0 Å². The standard InChI is InChI=1S/C27H33FN6O3/c1-18-11-16-23(37-18)26-30-32-33(31-26)17-24(35)34(22-9-3-2-4-10-22)25(19-12-14-20(28)15-13-19)27(36)29-21-7-5-6-8-21/h11-16,21-22,25H,2-10,17H2,1H3,(H,29,36). The minimum atomic E-state index is -0.868. The van der Waals surface area contributed by atoms with Crippen LogP contribution in [0.3, 0.4) is 0 Å². The highest BCUT2D eigenvalue weighted by atomic mass is 19.1. The van der Waals surface area contributed by atoms with E-state index in [4.69, 9.17) is 4.42 Å². The molecule has 1 unspecified atom stereocenters. The quantitative estimate of drug-likeness (QED) is 0.485. The second-order valence-electron chi connectivity index (χ2n) is 10.1. The second-order valence-corrected chi connectivity index (χ2v) is 10.1. The van der Waals surface area contributed by atoms with E-state index in [0.29, 0.717) is 17.1 Å². The summed E-state index contributed by atoms with van der Waals surface area (Å²) in [5.74, 6) is 0.598. The van der Waals surface area contributed by atoms with E-state index in [1.165, 1.54) is 16.9 Å². The van der Waals surface area contributed by atoms with E-state index in [1.807, 2.05) is 13.0 Å². The van der Waals surface area contributed by atoms with Crippen molar-refractivity contribution in [2.45, 2.75) is 89.4 Å². The van der Waals surface area contributed by atoms with E-state index in [-0.39, 0.29) is 36.3 Å². The van der Waals surface area contributed by atoms with Gasteiger partial charge in [0.2, 0.25) is 17.6 Å². The van der Waals surface area contributed by atoms with Crippen molar-refractivity contribution in [2.75, 3.05) is 0 Å². The van der Waals surface area contributed by atoms with Gasteiger partial charge in [-0.3, -0.25) is 9.59 Å². The normalized spacial score (nSPS) is 17.6. The summed E-state index contributed by atoms with van der Waals surface area (Å²) in [5.41, 5.74) is 0.592. The molecule has 1 aromatic carbocycles. The van der Waals surface area contributed by atoms with Gasteiger partial charge in [-0.05, 0) is 67.6 Å². The molecule has 0 aliphatic heterocycles. The first-order valence-corrected chi connectivity index (χ1v) is 13.2. The first kappa shape index (κ1) is 25.1. The molecular formula is C27H33FN6O3. The lowest BCUT2D eigenvalue weighted by Crippen LogP contribution is -2.51. The SMILES string of the molecule is Cc1ccc(-c2nnn(CC(=O)N(C3CCCCC3)C(C(=O)NC3CCCC3)c3ccc(F)cc3)n2)o1. The third-order valence-corrected chi connectivity index (χ3v) is 7.36. The number of rotatable bonds is 8. The van der Waals surface area contributed by atoms with Crippen molar-refractivity contribution in [1.82, 2.24) is 30.4 Å². The van der Waals surface area contributed by atoms with Crippen LogP contribution in [-0.4, -0.2) is 49.0 Å². The minimum absolute atomic E-state index is 0.0926. The fourth-order valence-electron chi connectivity index (χ4n) is 5.52. The van der Waals surface area contributed by atoms with Crippen LogP contribution in [0.2, 0.25) is 0 Å². The summed E-state index contributed by atoms with van der Waals surface area (Å²) in [6.07, 6.45) is 8.69. The number of aryl methyl sites for hydroxylation is 1. The molecule has 2 fully saturated rings. The smallest absolute Gasteiger partial charge is 0.247 e. The first-order valence-electron chi connectivity index (χ1n) is 13.2. The largest absolute Gasteiger partial charge is 0.458 e. The molecule has 2 aliphatic carbocycles. The number of carbonyl (C=O) groups excluding carboxylic acids is 2. The Balaban J connectivity index is 1.45. The van der Waals surface area contributed by atoms with Crippen molar-refractivity contribution < 1.29 is 18.4 Å². The van der Waals surface area contributed by atoms with Crippen molar-refractivity contribution in [3.05, 3.63) is 53.5 Å². The zero-order valence-electron chi connectivity index (χ0n) is 21.1. The average molecular weight is 509 g/mol. The molecule has 0 bridgehead atoms.